The van der Waals surface area contributed by atoms with E-state index in [-0.39, 0.29) is 6.04 Å². The molecule has 0 spiro atoms. The van der Waals surface area contributed by atoms with Gasteiger partial charge in [0, 0.05) is 34.3 Å². The van der Waals surface area contributed by atoms with Crippen LogP contribution in [-0.4, -0.2) is 34.8 Å². The van der Waals surface area contributed by atoms with E-state index < -0.39 is 9.73 Å². The average molecular weight is 176 g/mol. The summed E-state index contributed by atoms with van der Waals surface area (Å²) in [6.07, 6.45) is 0. The maximum absolute atomic E-state index is 11.8. The summed E-state index contributed by atoms with van der Waals surface area (Å²) < 4.78 is 16.1. The molecular formula is C7H16N2OS. The molecule has 0 unspecified atom stereocenters. The van der Waals surface area contributed by atoms with Crippen LogP contribution in [0.4, 0.5) is 0 Å². The molecule has 4 heteroatoms. The summed E-state index contributed by atoms with van der Waals surface area (Å²) in [6.45, 7) is 5.67. The van der Waals surface area contributed by atoms with Crippen molar-refractivity contribution in [2.45, 2.75) is 19.9 Å². The van der Waals surface area contributed by atoms with Crippen molar-refractivity contribution in [3.05, 3.63) is 0 Å². The Morgan fingerprint density at radius 2 is 1.91 bits per heavy atom. The SMILES string of the molecule is CC(C)N=S1(=O)CCNCC1. The third-order valence-electron chi connectivity index (χ3n) is 1.60. The predicted molar refractivity (Wildman–Crippen MR) is 48.3 cm³/mol. The van der Waals surface area contributed by atoms with E-state index in [1.54, 1.807) is 0 Å². The minimum atomic E-state index is -1.83. The largest absolute Gasteiger partial charge is 0.315 e. The van der Waals surface area contributed by atoms with E-state index in [0.29, 0.717) is 0 Å². The molecule has 1 N–H and O–H groups in total. The molecule has 0 bridgehead atoms. The third-order valence-corrected chi connectivity index (χ3v) is 4.09. The van der Waals surface area contributed by atoms with Crippen molar-refractivity contribution >= 4 is 9.73 Å². The first-order chi connectivity index (χ1) is 5.12. The summed E-state index contributed by atoms with van der Waals surface area (Å²) in [5.41, 5.74) is 0. The monoisotopic (exact) mass is 176 g/mol. The smallest absolute Gasteiger partial charge is 0.0537 e. The molecule has 1 aliphatic rings. The lowest BCUT2D eigenvalue weighted by Gasteiger charge is -2.17. The van der Waals surface area contributed by atoms with Gasteiger partial charge in [-0.3, -0.25) is 0 Å². The topological polar surface area (TPSA) is 41.5 Å². The molecule has 1 aliphatic heterocycles. The van der Waals surface area contributed by atoms with Gasteiger partial charge in [0.15, 0.2) is 0 Å². The highest BCUT2D eigenvalue weighted by Crippen LogP contribution is 2.02. The fourth-order valence-corrected chi connectivity index (χ4v) is 3.29. The molecule has 1 rings (SSSR count). The Kier molecular flexibility index (Phi) is 2.90. The highest BCUT2D eigenvalue weighted by Gasteiger charge is 2.13. The van der Waals surface area contributed by atoms with Gasteiger partial charge in [0.05, 0.1) is 6.04 Å². The number of nitrogens with one attached hydrogen (secondary N) is 1. The summed E-state index contributed by atoms with van der Waals surface area (Å²) in [6, 6.07) is 0.209. The normalized spacial score (nSPS) is 23.5. The maximum Gasteiger partial charge on any atom is 0.0537 e. The van der Waals surface area contributed by atoms with Gasteiger partial charge in [-0.05, 0) is 13.8 Å². The van der Waals surface area contributed by atoms with Crippen LogP contribution < -0.4 is 5.32 Å². The lowest BCUT2D eigenvalue weighted by molar-refractivity contribution is 0.645. The second-order valence-electron chi connectivity index (χ2n) is 3.13. The van der Waals surface area contributed by atoms with Crippen LogP contribution in [0.25, 0.3) is 0 Å². The van der Waals surface area contributed by atoms with Gasteiger partial charge in [0.25, 0.3) is 0 Å². The summed E-state index contributed by atoms with van der Waals surface area (Å²) >= 11 is 0. The zero-order chi connectivity index (χ0) is 8.32. The first-order valence-electron chi connectivity index (χ1n) is 4.05. The molecule has 0 amide bonds. The first-order valence-corrected chi connectivity index (χ1v) is 5.90. The molecule has 0 atom stereocenters. The number of hydrogen-bond donors (Lipinski definition) is 1. The van der Waals surface area contributed by atoms with Crippen molar-refractivity contribution in [3.63, 3.8) is 0 Å². The molecule has 0 aromatic rings. The molecule has 3 nitrogen and oxygen atoms in total. The van der Waals surface area contributed by atoms with Crippen molar-refractivity contribution in [3.8, 4) is 0 Å². The zero-order valence-corrected chi connectivity index (χ0v) is 7.99. The van der Waals surface area contributed by atoms with Crippen LogP contribution in [0, 0.1) is 0 Å². The standard InChI is InChI=1S/C7H16N2OS/c1-7(2)9-11(10)5-3-8-4-6-11/h7-8H,3-6H2,1-2H3. The molecule has 1 fully saturated rings. The van der Waals surface area contributed by atoms with Crippen molar-refractivity contribution in [2.75, 3.05) is 24.6 Å². The third kappa shape index (κ3) is 2.79. The lowest BCUT2D eigenvalue weighted by Crippen LogP contribution is -2.36. The minimum absolute atomic E-state index is 0.209. The van der Waals surface area contributed by atoms with E-state index in [0.717, 1.165) is 24.6 Å². The maximum atomic E-state index is 11.8. The van der Waals surface area contributed by atoms with Crippen LogP contribution in [0.5, 0.6) is 0 Å². The second-order valence-corrected chi connectivity index (χ2v) is 5.70. The van der Waals surface area contributed by atoms with Crippen LogP contribution in [0.1, 0.15) is 13.8 Å². The van der Waals surface area contributed by atoms with E-state index in [1.165, 1.54) is 0 Å². The van der Waals surface area contributed by atoms with Crippen LogP contribution >= 0.6 is 0 Å². The van der Waals surface area contributed by atoms with E-state index in [1.807, 2.05) is 13.8 Å². The minimum Gasteiger partial charge on any atom is -0.315 e. The van der Waals surface area contributed by atoms with E-state index in [2.05, 4.69) is 9.68 Å². The average Bonchev–Trinajstić information content (AvgIpc) is 1.85. The quantitative estimate of drug-likeness (QED) is 0.631. The van der Waals surface area contributed by atoms with Crippen molar-refractivity contribution in [1.29, 1.82) is 0 Å². The molecule has 0 saturated carbocycles. The van der Waals surface area contributed by atoms with Gasteiger partial charge in [0.2, 0.25) is 0 Å². The highest BCUT2D eigenvalue weighted by atomic mass is 32.2. The zero-order valence-electron chi connectivity index (χ0n) is 7.17. The van der Waals surface area contributed by atoms with Gasteiger partial charge < -0.3 is 5.32 Å². The summed E-state index contributed by atoms with van der Waals surface area (Å²) in [7, 11) is -1.83. The molecule has 0 aliphatic carbocycles. The fourth-order valence-electron chi connectivity index (χ4n) is 1.18. The Labute approximate surface area is 68.8 Å². The first kappa shape index (κ1) is 9.00. The molecule has 11 heavy (non-hydrogen) atoms. The Morgan fingerprint density at radius 3 is 2.36 bits per heavy atom. The molecule has 0 aromatic heterocycles. The van der Waals surface area contributed by atoms with Crippen LogP contribution in [0.2, 0.25) is 0 Å². The Morgan fingerprint density at radius 1 is 1.36 bits per heavy atom. The van der Waals surface area contributed by atoms with Crippen molar-refractivity contribution in [2.24, 2.45) is 4.36 Å². The van der Waals surface area contributed by atoms with Gasteiger partial charge >= 0.3 is 0 Å². The van der Waals surface area contributed by atoms with Gasteiger partial charge in [-0.2, -0.15) is 0 Å². The van der Waals surface area contributed by atoms with Crippen LogP contribution in [-0.2, 0) is 9.73 Å². The van der Waals surface area contributed by atoms with Gasteiger partial charge in [-0.25, -0.2) is 8.57 Å². The molecule has 0 aromatic carbocycles. The fraction of sp³-hybridized carbons (Fsp3) is 1.00. The summed E-state index contributed by atoms with van der Waals surface area (Å²) in [5, 5.41) is 3.17. The van der Waals surface area contributed by atoms with Crippen molar-refractivity contribution < 1.29 is 4.21 Å². The molecular weight excluding hydrogens is 160 g/mol. The van der Waals surface area contributed by atoms with Crippen LogP contribution in [0.3, 0.4) is 0 Å². The van der Waals surface area contributed by atoms with Gasteiger partial charge in [0.1, 0.15) is 0 Å². The Balaban J connectivity index is 2.72. The number of nitrogens with zero attached hydrogens (tertiary/aromatic N) is 1. The van der Waals surface area contributed by atoms with Gasteiger partial charge in [-0.15, -0.1) is 0 Å². The molecule has 1 saturated heterocycles. The van der Waals surface area contributed by atoms with Crippen molar-refractivity contribution in [1.82, 2.24) is 5.32 Å². The highest BCUT2D eigenvalue weighted by molar-refractivity contribution is 7.93. The number of hydrogen-bond acceptors (Lipinski definition) is 3. The molecule has 66 valence electrons. The molecule has 0 radical (unpaired) electrons. The summed E-state index contributed by atoms with van der Waals surface area (Å²) in [5.74, 6) is 1.45. The van der Waals surface area contributed by atoms with Crippen LogP contribution in [0.15, 0.2) is 4.36 Å². The molecule has 1 heterocycles. The Bertz CT molecular complexity index is 217. The van der Waals surface area contributed by atoms with E-state index in [4.69, 9.17) is 0 Å². The number of rotatable bonds is 1. The van der Waals surface area contributed by atoms with Gasteiger partial charge in [-0.1, -0.05) is 0 Å². The lowest BCUT2D eigenvalue weighted by atomic mass is 10.4. The second kappa shape index (κ2) is 3.54. The van der Waals surface area contributed by atoms with E-state index in [9.17, 15) is 4.21 Å². The van der Waals surface area contributed by atoms with E-state index >= 15 is 0 Å². The Hall–Kier alpha value is -0.0900. The summed E-state index contributed by atoms with van der Waals surface area (Å²) in [4.78, 5) is 0. The predicted octanol–water partition coefficient (Wildman–Crippen LogP) is 0.466.